The number of phenolic OH excluding ortho intramolecular Hbond substituents is 2. The fourth-order valence-corrected chi connectivity index (χ4v) is 6.78. The molecule has 1 aliphatic heterocycles. The van der Waals surface area contributed by atoms with Crippen molar-refractivity contribution < 1.29 is 14.9 Å². The van der Waals surface area contributed by atoms with Crippen LogP contribution in [0, 0.1) is 23.2 Å². The van der Waals surface area contributed by atoms with Crippen LogP contribution < -0.4 is 5.73 Å². The van der Waals surface area contributed by atoms with E-state index < -0.39 is 0 Å². The van der Waals surface area contributed by atoms with Crippen LogP contribution >= 0.6 is 0 Å². The topological polar surface area (TPSA) is 75.7 Å². The molecule has 24 heavy (non-hydrogen) atoms. The molecule has 0 saturated heterocycles. The molecule has 0 aromatic heterocycles. The molecule has 1 aromatic rings. The molecular weight excluding hydrogens is 302 g/mol. The maximum Gasteiger partial charge on any atom is 0.161 e. The number of hydrogen-bond donors (Lipinski definition) is 3. The van der Waals surface area contributed by atoms with Crippen LogP contribution in [0.2, 0.25) is 0 Å². The van der Waals surface area contributed by atoms with Crippen molar-refractivity contribution in [3.8, 4) is 11.5 Å². The van der Waals surface area contributed by atoms with E-state index in [1.165, 1.54) is 38.5 Å². The Kier molecular flexibility index (Phi) is 3.21. The molecule has 0 unspecified atom stereocenters. The van der Waals surface area contributed by atoms with E-state index in [0.29, 0.717) is 13.0 Å². The van der Waals surface area contributed by atoms with Gasteiger partial charge in [-0.25, -0.2) is 0 Å². The van der Waals surface area contributed by atoms with Gasteiger partial charge in [0.25, 0.3) is 0 Å². The lowest BCUT2D eigenvalue weighted by Gasteiger charge is -2.60. The number of rotatable bonds is 2. The van der Waals surface area contributed by atoms with Gasteiger partial charge in [-0.1, -0.05) is 6.07 Å². The standard InChI is InChI=1S/C20H27NO3/c21-10-17-14-1-2-16(22)19(23)15(14)6-18(24-17)20-7-11-3-12(8-20)5-13(4-11)9-20/h1-2,11-13,17-18,22-23H,3-10,21H2/t11?,12?,13?,17-,18+,20?/m1/s1. The van der Waals surface area contributed by atoms with Gasteiger partial charge in [0.05, 0.1) is 12.2 Å². The van der Waals surface area contributed by atoms with Crippen LogP contribution in [0.1, 0.15) is 55.8 Å². The van der Waals surface area contributed by atoms with Gasteiger partial charge in [0.2, 0.25) is 0 Å². The molecule has 130 valence electrons. The highest BCUT2D eigenvalue weighted by atomic mass is 16.5. The third kappa shape index (κ3) is 2.05. The molecule has 4 N–H and O–H groups in total. The van der Waals surface area contributed by atoms with E-state index in [0.717, 1.165) is 28.9 Å². The summed E-state index contributed by atoms with van der Waals surface area (Å²) < 4.78 is 6.52. The molecule has 0 amide bonds. The van der Waals surface area contributed by atoms with Gasteiger partial charge in [0, 0.05) is 18.5 Å². The van der Waals surface area contributed by atoms with Gasteiger partial charge >= 0.3 is 0 Å². The van der Waals surface area contributed by atoms with Crippen LogP contribution in [0.15, 0.2) is 12.1 Å². The van der Waals surface area contributed by atoms with Crippen LogP contribution in [-0.4, -0.2) is 22.9 Å². The summed E-state index contributed by atoms with van der Waals surface area (Å²) in [5.41, 5.74) is 8.06. The Bertz CT molecular complexity index is 636. The molecule has 4 bridgehead atoms. The number of ether oxygens (including phenoxy) is 1. The summed E-state index contributed by atoms with van der Waals surface area (Å²) >= 11 is 0. The highest BCUT2D eigenvalue weighted by Crippen LogP contribution is 2.63. The smallest absolute Gasteiger partial charge is 0.161 e. The quantitative estimate of drug-likeness (QED) is 0.728. The van der Waals surface area contributed by atoms with Crippen molar-refractivity contribution >= 4 is 0 Å². The SMILES string of the molecule is NC[C@H]1O[C@H](C23CC4CC(CC(C4)C2)C3)Cc2c1ccc(O)c2O. The molecule has 1 heterocycles. The van der Waals surface area contributed by atoms with E-state index in [1.807, 2.05) is 6.07 Å². The van der Waals surface area contributed by atoms with E-state index in [1.54, 1.807) is 6.07 Å². The van der Waals surface area contributed by atoms with Crippen LogP contribution in [0.4, 0.5) is 0 Å². The summed E-state index contributed by atoms with van der Waals surface area (Å²) in [6.07, 6.45) is 8.72. The average Bonchev–Trinajstić information content (AvgIpc) is 2.56. The lowest BCUT2D eigenvalue weighted by atomic mass is 9.47. The monoisotopic (exact) mass is 329 g/mol. The van der Waals surface area contributed by atoms with Crippen LogP contribution in [0.25, 0.3) is 0 Å². The first kappa shape index (κ1) is 15.0. The highest BCUT2D eigenvalue weighted by Gasteiger charge is 2.55. The Morgan fingerprint density at radius 1 is 1.04 bits per heavy atom. The van der Waals surface area contributed by atoms with Crippen molar-refractivity contribution in [2.24, 2.45) is 28.9 Å². The van der Waals surface area contributed by atoms with Gasteiger partial charge in [-0.05, 0) is 73.3 Å². The van der Waals surface area contributed by atoms with Gasteiger partial charge in [-0.15, -0.1) is 0 Å². The van der Waals surface area contributed by atoms with Crippen molar-refractivity contribution in [2.45, 2.75) is 57.2 Å². The second-order valence-electron chi connectivity index (χ2n) is 8.83. The Labute approximate surface area is 143 Å². The first-order chi connectivity index (χ1) is 11.6. The number of fused-ring (bicyclic) bond motifs is 1. The fraction of sp³-hybridized carbons (Fsp3) is 0.700. The second-order valence-corrected chi connectivity index (χ2v) is 8.83. The predicted molar refractivity (Wildman–Crippen MR) is 90.7 cm³/mol. The van der Waals surface area contributed by atoms with E-state index in [2.05, 4.69) is 0 Å². The summed E-state index contributed by atoms with van der Waals surface area (Å²) in [7, 11) is 0. The summed E-state index contributed by atoms with van der Waals surface area (Å²) in [5.74, 6) is 2.61. The summed E-state index contributed by atoms with van der Waals surface area (Å²) in [6, 6.07) is 3.41. The molecule has 4 heteroatoms. The van der Waals surface area contributed by atoms with Crippen molar-refractivity contribution in [2.75, 3.05) is 6.54 Å². The molecule has 4 aliphatic carbocycles. The van der Waals surface area contributed by atoms with Gasteiger partial charge in [0.15, 0.2) is 11.5 Å². The normalized spacial score (nSPS) is 43.0. The highest BCUT2D eigenvalue weighted by molar-refractivity contribution is 5.51. The Hall–Kier alpha value is -1.26. The van der Waals surface area contributed by atoms with Gasteiger partial charge in [-0.2, -0.15) is 0 Å². The molecule has 4 nitrogen and oxygen atoms in total. The van der Waals surface area contributed by atoms with Gasteiger partial charge in [0.1, 0.15) is 0 Å². The van der Waals surface area contributed by atoms with Crippen LogP contribution in [0.3, 0.4) is 0 Å². The lowest BCUT2D eigenvalue weighted by Crippen LogP contribution is -2.54. The molecule has 0 radical (unpaired) electrons. The molecule has 0 spiro atoms. The third-order valence-electron chi connectivity index (χ3n) is 7.35. The minimum absolute atomic E-state index is 0.0315. The first-order valence-corrected chi connectivity index (χ1v) is 9.47. The molecule has 4 saturated carbocycles. The minimum Gasteiger partial charge on any atom is -0.504 e. The predicted octanol–water partition coefficient (Wildman–Crippen LogP) is 3.26. The molecule has 6 rings (SSSR count). The molecule has 4 fully saturated rings. The molecular formula is C20H27NO3. The maximum absolute atomic E-state index is 10.4. The van der Waals surface area contributed by atoms with E-state index in [-0.39, 0.29) is 29.1 Å². The number of phenols is 2. The number of aromatic hydroxyl groups is 2. The first-order valence-electron chi connectivity index (χ1n) is 9.47. The van der Waals surface area contributed by atoms with Crippen molar-refractivity contribution in [1.29, 1.82) is 0 Å². The Morgan fingerprint density at radius 2 is 1.67 bits per heavy atom. The minimum atomic E-state index is -0.168. The van der Waals surface area contributed by atoms with Crippen molar-refractivity contribution in [3.63, 3.8) is 0 Å². The van der Waals surface area contributed by atoms with Gasteiger partial charge in [-0.3, -0.25) is 0 Å². The van der Waals surface area contributed by atoms with Gasteiger partial charge < -0.3 is 20.7 Å². The Morgan fingerprint density at radius 3 is 2.25 bits per heavy atom. The third-order valence-corrected chi connectivity index (χ3v) is 7.35. The average molecular weight is 329 g/mol. The molecule has 5 aliphatic rings. The number of hydrogen-bond acceptors (Lipinski definition) is 4. The van der Waals surface area contributed by atoms with Crippen molar-refractivity contribution in [3.05, 3.63) is 23.3 Å². The lowest BCUT2D eigenvalue weighted by molar-refractivity contribution is -0.165. The number of benzene rings is 1. The summed E-state index contributed by atoms with van der Waals surface area (Å²) in [5, 5.41) is 20.3. The summed E-state index contributed by atoms with van der Waals surface area (Å²) in [6.45, 7) is 0.417. The zero-order valence-electron chi connectivity index (χ0n) is 14.1. The van der Waals surface area contributed by atoms with Crippen molar-refractivity contribution in [1.82, 2.24) is 0 Å². The fourth-order valence-electron chi connectivity index (χ4n) is 6.78. The zero-order valence-corrected chi connectivity index (χ0v) is 14.1. The zero-order chi connectivity index (χ0) is 16.5. The Balaban J connectivity index is 1.53. The second kappa shape index (κ2) is 5.12. The molecule has 1 aromatic carbocycles. The summed E-state index contributed by atoms with van der Waals surface area (Å²) in [4.78, 5) is 0. The largest absolute Gasteiger partial charge is 0.504 e. The molecule has 2 atom stereocenters. The van der Waals surface area contributed by atoms with E-state index in [4.69, 9.17) is 10.5 Å². The number of nitrogens with two attached hydrogens (primary N) is 1. The van der Waals surface area contributed by atoms with E-state index >= 15 is 0 Å². The maximum atomic E-state index is 10.4. The van der Waals surface area contributed by atoms with Crippen LogP contribution in [-0.2, 0) is 11.2 Å². The van der Waals surface area contributed by atoms with Crippen LogP contribution in [0.5, 0.6) is 11.5 Å². The van der Waals surface area contributed by atoms with E-state index in [9.17, 15) is 10.2 Å².